The molecular weight excluding hydrogens is 324 g/mol. The van der Waals surface area contributed by atoms with Gasteiger partial charge in [0.1, 0.15) is 4.99 Å². The molecule has 4 nitrogen and oxygen atoms in total. The zero-order valence-electron chi connectivity index (χ0n) is 11.2. The predicted octanol–water partition coefficient (Wildman–Crippen LogP) is 2.13. The van der Waals surface area contributed by atoms with Gasteiger partial charge in [-0.2, -0.15) is 4.31 Å². The lowest BCUT2D eigenvalue weighted by Gasteiger charge is -2.27. The van der Waals surface area contributed by atoms with Crippen LogP contribution in [0.4, 0.5) is 0 Å². The maximum atomic E-state index is 12.9. The molecule has 0 fully saturated rings. The van der Waals surface area contributed by atoms with Crippen LogP contribution in [-0.4, -0.2) is 24.3 Å². The maximum absolute atomic E-state index is 12.9. The Balaban J connectivity index is 2.01. The summed E-state index contributed by atoms with van der Waals surface area (Å²) in [6.45, 7) is 0.897. The summed E-state index contributed by atoms with van der Waals surface area (Å²) in [5.74, 6) is 0. The van der Waals surface area contributed by atoms with E-state index in [-0.39, 0.29) is 9.88 Å². The van der Waals surface area contributed by atoms with Crippen molar-refractivity contribution in [2.45, 2.75) is 17.9 Å². The van der Waals surface area contributed by atoms with Crippen LogP contribution in [0.25, 0.3) is 0 Å². The normalized spacial score (nSPS) is 15.6. The predicted molar refractivity (Wildman–Crippen MR) is 87.9 cm³/mol. The summed E-state index contributed by atoms with van der Waals surface area (Å²) >= 11 is 6.65. The molecule has 1 aromatic carbocycles. The number of thiophene rings is 1. The quantitative estimate of drug-likeness (QED) is 0.871. The minimum absolute atomic E-state index is 0.0995. The van der Waals surface area contributed by atoms with Gasteiger partial charge in [-0.25, -0.2) is 8.42 Å². The largest absolute Gasteiger partial charge is 0.389 e. The molecule has 0 saturated heterocycles. The average Bonchev–Trinajstić information content (AvgIpc) is 2.94. The first-order chi connectivity index (χ1) is 10.00. The average molecular weight is 338 g/mol. The first kappa shape index (κ1) is 14.6. The minimum atomic E-state index is -3.59. The molecule has 0 bridgehead atoms. The molecular formula is C14H14N2O2S3. The van der Waals surface area contributed by atoms with Crippen molar-refractivity contribution < 1.29 is 8.42 Å². The highest BCUT2D eigenvalue weighted by atomic mass is 32.2. The summed E-state index contributed by atoms with van der Waals surface area (Å²) in [5.41, 5.74) is 7.14. The van der Waals surface area contributed by atoms with Crippen LogP contribution >= 0.6 is 23.6 Å². The Bertz CT molecular complexity index is 796. The Hall–Kier alpha value is -1.28. The standard InChI is InChI=1S/C14H14N2O2S3/c15-14(19)11-3-1-2-4-13(11)21(17,18)16-7-5-12-10(9-16)6-8-20-12/h1-4,6,8H,5,7,9H2,(H2,15,19). The fourth-order valence-electron chi connectivity index (χ4n) is 2.46. The Labute approximate surface area is 133 Å². The van der Waals surface area contributed by atoms with Crippen molar-refractivity contribution in [3.05, 3.63) is 51.7 Å². The lowest BCUT2D eigenvalue weighted by atomic mass is 10.1. The Morgan fingerprint density at radius 3 is 2.81 bits per heavy atom. The third kappa shape index (κ3) is 2.62. The van der Waals surface area contributed by atoms with Crippen molar-refractivity contribution in [1.82, 2.24) is 4.31 Å². The van der Waals surface area contributed by atoms with E-state index in [1.807, 2.05) is 11.4 Å². The molecule has 110 valence electrons. The molecule has 0 atom stereocenters. The van der Waals surface area contributed by atoms with Gasteiger partial charge >= 0.3 is 0 Å². The van der Waals surface area contributed by atoms with Crippen molar-refractivity contribution in [2.75, 3.05) is 6.54 Å². The monoisotopic (exact) mass is 338 g/mol. The number of benzene rings is 1. The van der Waals surface area contributed by atoms with Crippen molar-refractivity contribution >= 4 is 38.6 Å². The minimum Gasteiger partial charge on any atom is -0.389 e. The number of nitrogens with zero attached hydrogens (tertiary/aromatic N) is 1. The number of thiocarbonyl (C=S) groups is 1. The van der Waals surface area contributed by atoms with Gasteiger partial charge in [-0.1, -0.05) is 30.4 Å². The number of nitrogens with two attached hydrogens (primary N) is 1. The van der Waals surface area contributed by atoms with Gasteiger partial charge in [0.2, 0.25) is 10.0 Å². The molecule has 0 aliphatic carbocycles. The van der Waals surface area contributed by atoms with E-state index in [4.69, 9.17) is 18.0 Å². The summed E-state index contributed by atoms with van der Waals surface area (Å²) in [4.78, 5) is 1.56. The van der Waals surface area contributed by atoms with Gasteiger partial charge in [0.05, 0.1) is 4.90 Å². The van der Waals surface area contributed by atoms with Gasteiger partial charge in [0.25, 0.3) is 0 Å². The molecule has 2 aromatic rings. The van der Waals surface area contributed by atoms with Crippen LogP contribution in [-0.2, 0) is 23.0 Å². The first-order valence-electron chi connectivity index (χ1n) is 6.44. The smallest absolute Gasteiger partial charge is 0.244 e. The molecule has 0 radical (unpaired) electrons. The summed E-state index contributed by atoms with van der Waals surface area (Å²) in [5, 5.41) is 2.00. The third-order valence-electron chi connectivity index (χ3n) is 3.54. The second kappa shape index (κ2) is 5.49. The van der Waals surface area contributed by atoms with E-state index >= 15 is 0 Å². The van der Waals surface area contributed by atoms with Gasteiger partial charge in [0, 0.05) is 23.5 Å². The van der Waals surface area contributed by atoms with Gasteiger partial charge in [-0.15, -0.1) is 11.3 Å². The Morgan fingerprint density at radius 1 is 1.29 bits per heavy atom. The molecule has 0 unspecified atom stereocenters. The summed E-state index contributed by atoms with van der Waals surface area (Å²) in [6.07, 6.45) is 0.751. The van der Waals surface area contributed by atoms with Gasteiger partial charge in [-0.05, 0) is 29.5 Å². The Morgan fingerprint density at radius 2 is 2.05 bits per heavy atom. The van der Waals surface area contributed by atoms with Gasteiger partial charge < -0.3 is 5.73 Å². The molecule has 1 aromatic heterocycles. The van der Waals surface area contributed by atoms with Crippen LogP contribution in [0.1, 0.15) is 16.0 Å². The summed E-state index contributed by atoms with van der Waals surface area (Å²) < 4.78 is 27.2. The lowest BCUT2D eigenvalue weighted by molar-refractivity contribution is 0.394. The van der Waals surface area contributed by atoms with Crippen LogP contribution in [0.5, 0.6) is 0 Å². The first-order valence-corrected chi connectivity index (χ1v) is 9.17. The molecule has 0 spiro atoms. The highest BCUT2D eigenvalue weighted by molar-refractivity contribution is 7.89. The fraction of sp³-hybridized carbons (Fsp3) is 0.214. The topological polar surface area (TPSA) is 63.4 Å². The van der Waals surface area contributed by atoms with Crippen molar-refractivity contribution in [2.24, 2.45) is 5.73 Å². The van der Waals surface area contributed by atoms with E-state index in [2.05, 4.69) is 0 Å². The number of fused-ring (bicyclic) bond motifs is 1. The lowest BCUT2D eigenvalue weighted by Crippen LogP contribution is -2.36. The number of sulfonamides is 1. The van der Waals surface area contributed by atoms with Crippen LogP contribution in [0.3, 0.4) is 0 Å². The Kier molecular flexibility index (Phi) is 3.83. The SMILES string of the molecule is NC(=S)c1ccccc1S(=O)(=O)N1CCc2sccc2C1. The third-order valence-corrected chi connectivity index (χ3v) is 6.69. The van der Waals surface area contributed by atoms with E-state index in [1.54, 1.807) is 35.6 Å². The van der Waals surface area contributed by atoms with E-state index in [0.29, 0.717) is 18.7 Å². The second-order valence-corrected chi connectivity index (χ2v) is 8.16. The fourth-order valence-corrected chi connectivity index (χ4v) is 5.22. The number of hydrogen-bond acceptors (Lipinski definition) is 4. The zero-order chi connectivity index (χ0) is 15.0. The molecule has 0 saturated carbocycles. The van der Waals surface area contributed by atoms with Crippen LogP contribution in [0.2, 0.25) is 0 Å². The zero-order valence-corrected chi connectivity index (χ0v) is 13.6. The van der Waals surface area contributed by atoms with Crippen molar-refractivity contribution in [3.8, 4) is 0 Å². The molecule has 7 heteroatoms. The molecule has 0 amide bonds. The van der Waals surface area contributed by atoms with Crippen molar-refractivity contribution in [3.63, 3.8) is 0 Å². The van der Waals surface area contributed by atoms with E-state index in [1.165, 1.54) is 9.18 Å². The van der Waals surface area contributed by atoms with Crippen LogP contribution in [0, 0.1) is 0 Å². The molecule has 2 N–H and O–H groups in total. The van der Waals surface area contributed by atoms with Crippen LogP contribution in [0.15, 0.2) is 40.6 Å². The van der Waals surface area contributed by atoms with E-state index < -0.39 is 10.0 Å². The number of rotatable bonds is 3. The molecule has 21 heavy (non-hydrogen) atoms. The van der Waals surface area contributed by atoms with Gasteiger partial charge in [0.15, 0.2) is 0 Å². The molecule has 2 heterocycles. The molecule has 1 aliphatic rings. The van der Waals surface area contributed by atoms with E-state index in [9.17, 15) is 8.42 Å². The number of hydrogen-bond donors (Lipinski definition) is 1. The van der Waals surface area contributed by atoms with E-state index in [0.717, 1.165) is 12.0 Å². The highest BCUT2D eigenvalue weighted by Crippen LogP contribution is 2.29. The maximum Gasteiger partial charge on any atom is 0.244 e. The molecule has 1 aliphatic heterocycles. The summed E-state index contributed by atoms with van der Waals surface area (Å²) in [6, 6.07) is 8.62. The second-order valence-electron chi connectivity index (χ2n) is 4.82. The van der Waals surface area contributed by atoms with Crippen LogP contribution < -0.4 is 5.73 Å². The van der Waals surface area contributed by atoms with Crippen molar-refractivity contribution in [1.29, 1.82) is 0 Å². The molecule has 3 rings (SSSR count). The summed E-state index contributed by atoms with van der Waals surface area (Å²) in [7, 11) is -3.59. The van der Waals surface area contributed by atoms with Gasteiger partial charge in [-0.3, -0.25) is 0 Å². The highest BCUT2D eigenvalue weighted by Gasteiger charge is 2.30.